The molecule has 1 aromatic rings. The van der Waals surface area contributed by atoms with Gasteiger partial charge in [0.15, 0.2) is 12.4 Å². The van der Waals surface area contributed by atoms with Crippen LogP contribution in [0.25, 0.3) is 0 Å². The van der Waals surface area contributed by atoms with Gasteiger partial charge in [0.2, 0.25) is 6.54 Å². The lowest BCUT2D eigenvalue weighted by atomic mass is 10.3. The third-order valence-electron chi connectivity index (χ3n) is 1.42. The Kier molecular flexibility index (Phi) is 4.17. The molecule has 0 radical (unpaired) electrons. The molecular weight excluding hydrogens is 171 g/mol. The van der Waals surface area contributed by atoms with E-state index in [9.17, 15) is 4.79 Å². The van der Waals surface area contributed by atoms with Gasteiger partial charge >= 0.3 is 0 Å². The van der Waals surface area contributed by atoms with Crippen LogP contribution in [-0.2, 0) is 6.54 Å². The average molecular weight is 180 g/mol. The Hall–Kier alpha value is -1.89. The molecule has 1 amide bonds. The fourth-order valence-electron chi connectivity index (χ4n) is 0.871. The summed E-state index contributed by atoms with van der Waals surface area (Å²) in [7, 11) is 0. The van der Waals surface area contributed by atoms with Crippen LogP contribution >= 0.6 is 0 Å². The van der Waals surface area contributed by atoms with Gasteiger partial charge in [0.25, 0.3) is 5.91 Å². The average Bonchev–Trinajstić information content (AvgIpc) is 2.05. The Morgan fingerprint density at radius 2 is 2.38 bits per heavy atom. The molecule has 3 nitrogen and oxygen atoms in total. The lowest BCUT2D eigenvalue weighted by molar-refractivity contribution is -0.684. The summed E-state index contributed by atoms with van der Waals surface area (Å²) in [5.41, 5.74) is 5.54. The predicted octanol–water partition coefficient (Wildman–Crippen LogP) is -3.29. The quantitative estimate of drug-likeness (QED) is 0.376. The van der Waals surface area contributed by atoms with E-state index >= 15 is 0 Å². The van der Waals surface area contributed by atoms with Crippen molar-refractivity contribution in [3.8, 4) is 12.3 Å². The highest BCUT2D eigenvalue weighted by Crippen LogP contribution is 1.91. The lowest BCUT2D eigenvalue weighted by Crippen LogP contribution is -3.00. The first-order chi connectivity index (χ1) is 5.74. The largest absolute Gasteiger partial charge is 1.00 e. The second-order valence-electron chi connectivity index (χ2n) is 2.33. The predicted molar refractivity (Wildman–Crippen MR) is 44.0 cm³/mol. The number of aromatic nitrogens is 1. The molecule has 0 aliphatic carbocycles. The minimum absolute atomic E-state index is 0. The third kappa shape index (κ3) is 2.91. The van der Waals surface area contributed by atoms with E-state index in [1.54, 1.807) is 29.1 Å². The van der Waals surface area contributed by atoms with Crippen molar-refractivity contribution in [1.29, 1.82) is 0 Å². The Morgan fingerprint density at radius 1 is 1.69 bits per heavy atom. The van der Waals surface area contributed by atoms with Gasteiger partial charge in [-0.1, -0.05) is 0 Å². The molecule has 68 valence electrons. The third-order valence-corrected chi connectivity index (χ3v) is 1.42. The summed E-state index contributed by atoms with van der Waals surface area (Å²) in [4.78, 5) is 10.7. The van der Waals surface area contributed by atoms with Crippen molar-refractivity contribution in [2.45, 2.75) is 6.54 Å². The minimum Gasteiger partial charge on any atom is -1.00 e. The zero-order chi connectivity index (χ0) is 8.97. The molecule has 0 fully saturated rings. The summed E-state index contributed by atoms with van der Waals surface area (Å²) in [6.07, 6.45) is 8.51. The zero-order valence-electron chi connectivity index (χ0n) is 6.90. The number of amides is 1. The highest BCUT2D eigenvalue weighted by Gasteiger charge is 2.04. The maximum atomic E-state index is 10.7. The second kappa shape index (κ2) is 4.88. The summed E-state index contributed by atoms with van der Waals surface area (Å²) in [6, 6.07) is 3.38. The molecule has 1 heterocycles. The highest BCUT2D eigenvalue weighted by molar-refractivity contribution is 5.92. The standard InChI is InChI=1S/C9H8N2O.FH/c1-2-5-11-6-3-4-8(7-11)9(10)12;/h1,3-4,6-7H,5H2,(H-,10,12);1H. The number of nitrogens with two attached hydrogens (primary N) is 1. The molecule has 1 rings (SSSR count). The molecule has 0 aromatic carbocycles. The van der Waals surface area contributed by atoms with Crippen LogP contribution in [0.2, 0.25) is 0 Å². The van der Waals surface area contributed by atoms with Gasteiger partial charge in [-0.3, -0.25) is 4.79 Å². The van der Waals surface area contributed by atoms with Gasteiger partial charge in [-0.05, 0) is 12.0 Å². The van der Waals surface area contributed by atoms with Gasteiger partial charge in [-0.2, -0.15) is 4.57 Å². The fourth-order valence-corrected chi connectivity index (χ4v) is 0.871. The van der Waals surface area contributed by atoms with Crippen LogP contribution in [-0.4, -0.2) is 5.91 Å². The lowest BCUT2D eigenvalue weighted by Gasteiger charge is -1.92. The van der Waals surface area contributed by atoms with Gasteiger partial charge in [0.1, 0.15) is 5.56 Å². The van der Waals surface area contributed by atoms with E-state index in [1.807, 2.05) is 0 Å². The first kappa shape index (κ1) is 11.1. The van der Waals surface area contributed by atoms with E-state index in [-0.39, 0.29) is 4.70 Å². The number of hydrogen-bond donors (Lipinski definition) is 1. The zero-order valence-corrected chi connectivity index (χ0v) is 6.90. The van der Waals surface area contributed by atoms with Crippen LogP contribution in [0.3, 0.4) is 0 Å². The molecule has 0 spiro atoms. The van der Waals surface area contributed by atoms with Gasteiger partial charge in [-0.25, -0.2) is 0 Å². The van der Waals surface area contributed by atoms with Crippen molar-refractivity contribution >= 4 is 5.91 Å². The van der Waals surface area contributed by atoms with Crippen molar-refractivity contribution in [3.05, 3.63) is 30.1 Å². The van der Waals surface area contributed by atoms with Crippen LogP contribution in [0, 0.1) is 12.3 Å². The van der Waals surface area contributed by atoms with E-state index in [4.69, 9.17) is 12.2 Å². The number of halogens is 1. The summed E-state index contributed by atoms with van der Waals surface area (Å²) >= 11 is 0. The number of rotatable bonds is 2. The molecule has 0 saturated carbocycles. The fraction of sp³-hybridized carbons (Fsp3) is 0.111. The molecule has 1 aromatic heterocycles. The highest BCUT2D eigenvalue weighted by atomic mass is 19.0. The van der Waals surface area contributed by atoms with Crippen LogP contribution < -0.4 is 15.0 Å². The number of terminal acetylenes is 1. The maximum Gasteiger partial charge on any atom is 0.254 e. The van der Waals surface area contributed by atoms with Crippen LogP contribution in [0.5, 0.6) is 0 Å². The van der Waals surface area contributed by atoms with Gasteiger partial charge < -0.3 is 10.4 Å². The Morgan fingerprint density at radius 3 is 2.92 bits per heavy atom. The molecule has 0 atom stereocenters. The van der Waals surface area contributed by atoms with Gasteiger partial charge in [0.05, 0.1) is 0 Å². The second-order valence-corrected chi connectivity index (χ2v) is 2.33. The van der Waals surface area contributed by atoms with E-state index in [0.29, 0.717) is 12.1 Å². The number of carbonyl (C=O) groups excluding carboxylic acids is 1. The number of primary amides is 1. The molecule has 13 heavy (non-hydrogen) atoms. The van der Waals surface area contributed by atoms with Crippen molar-refractivity contribution in [3.63, 3.8) is 0 Å². The first-order valence-electron chi connectivity index (χ1n) is 3.46. The normalized spacial score (nSPS) is 8.23. The number of pyridine rings is 1. The number of nitrogens with zero attached hydrogens (tertiary/aromatic N) is 1. The summed E-state index contributed by atoms with van der Waals surface area (Å²) in [6.45, 7) is 0.446. The van der Waals surface area contributed by atoms with E-state index in [1.165, 1.54) is 0 Å². The van der Waals surface area contributed by atoms with Crippen LogP contribution in [0.1, 0.15) is 10.4 Å². The summed E-state index contributed by atoms with van der Waals surface area (Å²) < 4.78 is 1.72. The summed E-state index contributed by atoms with van der Waals surface area (Å²) in [5.74, 6) is 2.02. The topological polar surface area (TPSA) is 47.0 Å². The Balaban J connectivity index is 0.00000144. The Labute approximate surface area is 75.6 Å². The molecule has 2 N–H and O–H groups in total. The molecular formula is C9H9FN2O. The van der Waals surface area contributed by atoms with Gasteiger partial charge in [-0.15, -0.1) is 6.42 Å². The summed E-state index contributed by atoms with van der Waals surface area (Å²) in [5, 5.41) is 0. The van der Waals surface area contributed by atoms with Crippen molar-refractivity contribution in [2.75, 3.05) is 0 Å². The molecule has 0 aliphatic rings. The minimum atomic E-state index is -0.443. The Bertz CT molecular complexity index is 344. The van der Waals surface area contributed by atoms with E-state index < -0.39 is 5.91 Å². The molecule has 0 bridgehead atoms. The van der Waals surface area contributed by atoms with Gasteiger partial charge in [0, 0.05) is 6.07 Å². The van der Waals surface area contributed by atoms with Crippen molar-refractivity contribution in [1.82, 2.24) is 0 Å². The SMILES string of the molecule is C#CC[n+]1cccc(C(N)=O)c1.[F-]. The molecule has 0 saturated heterocycles. The maximum absolute atomic E-state index is 10.7. The molecule has 0 aliphatic heterocycles. The smallest absolute Gasteiger partial charge is 0.254 e. The molecule has 4 heteroatoms. The number of hydrogen-bond acceptors (Lipinski definition) is 1. The molecule has 0 unspecified atom stereocenters. The van der Waals surface area contributed by atoms with Crippen molar-refractivity contribution in [2.24, 2.45) is 5.73 Å². The van der Waals surface area contributed by atoms with Crippen molar-refractivity contribution < 1.29 is 14.1 Å². The monoisotopic (exact) mass is 180 g/mol. The van der Waals surface area contributed by atoms with Crippen LogP contribution in [0.4, 0.5) is 0 Å². The van der Waals surface area contributed by atoms with Crippen LogP contribution in [0.15, 0.2) is 24.5 Å². The van der Waals surface area contributed by atoms with E-state index in [0.717, 1.165) is 0 Å². The number of carbonyl (C=O) groups is 1. The first-order valence-corrected chi connectivity index (χ1v) is 3.46. The van der Waals surface area contributed by atoms with E-state index in [2.05, 4.69) is 5.92 Å².